The molecule has 146 valence electrons. The van der Waals surface area contributed by atoms with Gasteiger partial charge in [0, 0.05) is 37.9 Å². The van der Waals surface area contributed by atoms with E-state index in [0.29, 0.717) is 6.67 Å². The highest BCUT2D eigenvalue weighted by Crippen LogP contribution is 2.36. The first-order valence-electron chi connectivity index (χ1n) is 9.77. The van der Waals surface area contributed by atoms with Crippen molar-refractivity contribution in [3.63, 3.8) is 0 Å². The number of hydrogen-bond acceptors (Lipinski definition) is 4. The summed E-state index contributed by atoms with van der Waals surface area (Å²) >= 11 is 0. The molecule has 0 radical (unpaired) electrons. The Morgan fingerprint density at radius 1 is 1.07 bits per heavy atom. The van der Waals surface area contributed by atoms with Gasteiger partial charge in [-0.3, -0.25) is 14.5 Å². The van der Waals surface area contributed by atoms with Gasteiger partial charge in [0.25, 0.3) is 0 Å². The van der Waals surface area contributed by atoms with Crippen molar-refractivity contribution in [2.45, 2.75) is 31.8 Å². The predicted molar refractivity (Wildman–Crippen MR) is 110 cm³/mol. The second kappa shape index (κ2) is 7.64. The molecule has 2 aromatic rings. The topological polar surface area (TPSA) is 64.7 Å². The maximum absolute atomic E-state index is 12.7. The molecule has 2 aromatic carbocycles. The number of nitrogens with one attached hydrogen (secondary N) is 2. The molecule has 0 bridgehead atoms. The molecule has 1 spiro atoms. The van der Waals surface area contributed by atoms with Crippen LogP contribution in [-0.2, 0) is 16.1 Å². The van der Waals surface area contributed by atoms with Gasteiger partial charge in [-0.15, -0.1) is 0 Å². The van der Waals surface area contributed by atoms with Crippen molar-refractivity contribution in [3.05, 3.63) is 60.2 Å². The van der Waals surface area contributed by atoms with Crippen molar-refractivity contribution in [1.29, 1.82) is 0 Å². The van der Waals surface area contributed by atoms with E-state index in [-0.39, 0.29) is 11.8 Å². The minimum Gasteiger partial charge on any atom is -0.339 e. The van der Waals surface area contributed by atoms with E-state index in [1.807, 2.05) is 42.5 Å². The Balaban J connectivity index is 1.41. The molecule has 4 rings (SSSR count). The first kappa shape index (κ1) is 18.5. The molecule has 2 fully saturated rings. The zero-order chi connectivity index (χ0) is 19.6. The standard InChI is InChI=1S/C22H26N4O2/c1-17(27)24-19-9-7-18(8-10-19)15-25-13-11-22(12-14-25)21(28)23-16-26(22)20-5-3-2-4-6-20/h2-10H,11-16H2,1H3,(H,23,28)(H,24,27). The lowest BCUT2D eigenvalue weighted by molar-refractivity contribution is -0.125. The van der Waals surface area contributed by atoms with Crippen molar-refractivity contribution in [2.24, 2.45) is 0 Å². The number of nitrogens with zero attached hydrogens (tertiary/aromatic N) is 2. The number of amides is 2. The Hall–Kier alpha value is -2.86. The van der Waals surface area contributed by atoms with Gasteiger partial charge in [-0.05, 0) is 42.7 Å². The minimum atomic E-state index is -0.437. The molecule has 2 aliphatic heterocycles. The maximum atomic E-state index is 12.7. The first-order valence-corrected chi connectivity index (χ1v) is 9.77. The first-order chi connectivity index (χ1) is 13.6. The third-order valence-corrected chi connectivity index (χ3v) is 5.77. The van der Waals surface area contributed by atoms with E-state index in [0.717, 1.165) is 43.9 Å². The van der Waals surface area contributed by atoms with Crippen LogP contribution >= 0.6 is 0 Å². The lowest BCUT2D eigenvalue weighted by Crippen LogP contribution is -2.56. The van der Waals surface area contributed by atoms with Crippen LogP contribution in [0.3, 0.4) is 0 Å². The average molecular weight is 378 g/mol. The van der Waals surface area contributed by atoms with Gasteiger partial charge in [0.1, 0.15) is 5.54 Å². The molecule has 0 aliphatic carbocycles. The summed E-state index contributed by atoms with van der Waals surface area (Å²) in [6, 6.07) is 18.2. The van der Waals surface area contributed by atoms with Crippen molar-refractivity contribution in [2.75, 3.05) is 30.0 Å². The normalized spacial score (nSPS) is 18.9. The quantitative estimate of drug-likeness (QED) is 0.858. The Bertz CT molecular complexity index is 843. The SMILES string of the molecule is CC(=O)Nc1ccc(CN2CCC3(CC2)C(=O)NCN3c2ccccc2)cc1. The molecule has 2 amide bonds. The molecule has 6 heteroatoms. The summed E-state index contributed by atoms with van der Waals surface area (Å²) in [5.74, 6) is 0.0857. The van der Waals surface area contributed by atoms with Crippen molar-refractivity contribution < 1.29 is 9.59 Å². The van der Waals surface area contributed by atoms with Crippen LogP contribution in [0.4, 0.5) is 11.4 Å². The lowest BCUT2D eigenvalue weighted by atomic mass is 9.85. The molecule has 0 saturated carbocycles. The largest absolute Gasteiger partial charge is 0.339 e. The maximum Gasteiger partial charge on any atom is 0.247 e. The summed E-state index contributed by atoms with van der Waals surface area (Å²) in [5.41, 5.74) is 2.69. The smallest absolute Gasteiger partial charge is 0.247 e. The van der Waals surface area contributed by atoms with Crippen LogP contribution in [0.5, 0.6) is 0 Å². The molecule has 0 atom stereocenters. The Labute approximate surface area is 165 Å². The average Bonchev–Trinajstić information content (AvgIpc) is 3.01. The van der Waals surface area contributed by atoms with Crippen LogP contribution in [0.2, 0.25) is 0 Å². The van der Waals surface area contributed by atoms with E-state index in [4.69, 9.17) is 0 Å². The second-order valence-corrected chi connectivity index (χ2v) is 7.61. The molecular weight excluding hydrogens is 352 g/mol. The zero-order valence-electron chi connectivity index (χ0n) is 16.1. The number of para-hydroxylation sites is 1. The molecule has 28 heavy (non-hydrogen) atoms. The molecule has 0 aromatic heterocycles. The van der Waals surface area contributed by atoms with Crippen LogP contribution in [0.1, 0.15) is 25.3 Å². The highest BCUT2D eigenvalue weighted by Gasteiger charge is 2.50. The summed E-state index contributed by atoms with van der Waals surface area (Å²) in [6.07, 6.45) is 1.63. The highest BCUT2D eigenvalue weighted by atomic mass is 16.2. The van der Waals surface area contributed by atoms with Gasteiger partial charge in [0.05, 0.1) is 6.67 Å². The van der Waals surface area contributed by atoms with Crippen LogP contribution in [0.15, 0.2) is 54.6 Å². The van der Waals surface area contributed by atoms with Gasteiger partial charge < -0.3 is 15.5 Å². The fourth-order valence-corrected chi connectivity index (χ4v) is 4.27. The molecule has 2 saturated heterocycles. The van der Waals surface area contributed by atoms with E-state index < -0.39 is 5.54 Å². The molecule has 2 aliphatic rings. The number of piperidine rings is 1. The zero-order valence-corrected chi connectivity index (χ0v) is 16.1. The fourth-order valence-electron chi connectivity index (χ4n) is 4.27. The Morgan fingerprint density at radius 2 is 1.75 bits per heavy atom. The Morgan fingerprint density at radius 3 is 2.39 bits per heavy atom. The summed E-state index contributed by atoms with van der Waals surface area (Å²) in [7, 11) is 0. The Kier molecular flexibility index (Phi) is 5.05. The number of carbonyl (C=O) groups is 2. The predicted octanol–water partition coefficient (Wildman–Crippen LogP) is 2.57. The van der Waals surface area contributed by atoms with E-state index in [9.17, 15) is 9.59 Å². The van der Waals surface area contributed by atoms with Crippen LogP contribution in [0, 0.1) is 0 Å². The lowest BCUT2D eigenvalue weighted by Gasteiger charge is -2.43. The third kappa shape index (κ3) is 3.60. The molecule has 2 heterocycles. The number of hydrogen-bond donors (Lipinski definition) is 2. The summed E-state index contributed by atoms with van der Waals surface area (Å²) in [4.78, 5) is 28.5. The second-order valence-electron chi connectivity index (χ2n) is 7.61. The molecular formula is C22H26N4O2. The third-order valence-electron chi connectivity index (χ3n) is 5.77. The van der Waals surface area contributed by atoms with E-state index in [2.05, 4.69) is 32.6 Å². The van der Waals surface area contributed by atoms with Gasteiger partial charge in [-0.1, -0.05) is 30.3 Å². The van der Waals surface area contributed by atoms with Crippen LogP contribution in [-0.4, -0.2) is 42.0 Å². The minimum absolute atomic E-state index is 0.0631. The number of anilines is 2. The van der Waals surface area contributed by atoms with Crippen molar-refractivity contribution >= 4 is 23.2 Å². The van der Waals surface area contributed by atoms with Crippen molar-refractivity contribution in [3.8, 4) is 0 Å². The van der Waals surface area contributed by atoms with E-state index in [1.165, 1.54) is 12.5 Å². The number of benzene rings is 2. The number of carbonyl (C=O) groups excluding carboxylic acids is 2. The van der Waals surface area contributed by atoms with Crippen molar-refractivity contribution in [1.82, 2.24) is 10.2 Å². The van der Waals surface area contributed by atoms with Crippen LogP contribution in [0.25, 0.3) is 0 Å². The van der Waals surface area contributed by atoms with Gasteiger partial charge >= 0.3 is 0 Å². The molecule has 6 nitrogen and oxygen atoms in total. The molecule has 2 N–H and O–H groups in total. The summed E-state index contributed by atoms with van der Waals surface area (Å²) in [6.45, 7) is 4.70. The monoisotopic (exact) mass is 378 g/mol. The van der Waals surface area contributed by atoms with Gasteiger partial charge in [0.2, 0.25) is 11.8 Å². The summed E-state index contributed by atoms with van der Waals surface area (Å²) < 4.78 is 0. The van der Waals surface area contributed by atoms with Gasteiger partial charge in [-0.2, -0.15) is 0 Å². The van der Waals surface area contributed by atoms with Crippen LogP contribution < -0.4 is 15.5 Å². The fraction of sp³-hybridized carbons (Fsp3) is 0.364. The summed E-state index contributed by atoms with van der Waals surface area (Å²) in [5, 5.41) is 5.84. The number of rotatable bonds is 4. The highest BCUT2D eigenvalue weighted by molar-refractivity contribution is 5.93. The van der Waals surface area contributed by atoms with E-state index in [1.54, 1.807) is 0 Å². The molecule has 0 unspecified atom stereocenters. The van der Waals surface area contributed by atoms with Gasteiger partial charge in [0.15, 0.2) is 0 Å². The number of likely N-dealkylation sites (tertiary alicyclic amines) is 1. The van der Waals surface area contributed by atoms with E-state index >= 15 is 0 Å². The van der Waals surface area contributed by atoms with Gasteiger partial charge in [-0.25, -0.2) is 0 Å².